The van der Waals surface area contributed by atoms with Crippen LogP contribution in [0.15, 0.2) is 60.7 Å². The third kappa shape index (κ3) is 2.09. The smallest absolute Gasteiger partial charge is 0.111 e. The van der Waals surface area contributed by atoms with Crippen LogP contribution in [-0.2, 0) is 5.41 Å². The number of hydrogen-bond donors (Lipinski definition) is 0. The third-order valence-corrected chi connectivity index (χ3v) is 3.64. The van der Waals surface area contributed by atoms with Crippen LogP contribution in [0.2, 0.25) is 0 Å². The molecular formula is C15H14NP. The van der Waals surface area contributed by atoms with Crippen molar-refractivity contribution in [3.05, 3.63) is 71.8 Å². The number of rotatable bonds is 3. The van der Waals surface area contributed by atoms with Crippen LogP contribution in [0.25, 0.3) is 0 Å². The second-order valence-electron chi connectivity index (χ2n) is 3.95. The third-order valence-electron chi connectivity index (χ3n) is 3.03. The molecular weight excluding hydrogens is 225 g/mol. The van der Waals surface area contributed by atoms with E-state index in [2.05, 4.69) is 15.3 Å². The predicted octanol–water partition coefficient (Wildman–Crippen LogP) is 3.37. The normalized spacial score (nSPS) is 10.8. The molecule has 0 aliphatic heterocycles. The van der Waals surface area contributed by atoms with Crippen molar-refractivity contribution in [2.24, 2.45) is 0 Å². The maximum atomic E-state index is 9.62. The van der Waals surface area contributed by atoms with Crippen LogP contribution in [0.5, 0.6) is 0 Å². The number of hydrogen-bond acceptors (Lipinski definition) is 1. The Morgan fingerprint density at radius 1 is 0.882 bits per heavy atom. The van der Waals surface area contributed by atoms with Crippen molar-refractivity contribution in [3.8, 4) is 6.07 Å². The number of benzene rings is 2. The standard InChI is InChI=1S/C15H14NP/c16-11-15(12-17,13-7-3-1-4-8-13)14-9-5-2-6-10-14/h1-10H,12,17H2. The molecule has 0 aliphatic carbocycles. The average Bonchev–Trinajstić information content (AvgIpc) is 2.43. The molecule has 84 valence electrons. The van der Waals surface area contributed by atoms with Crippen LogP contribution in [0.1, 0.15) is 11.1 Å². The highest BCUT2D eigenvalue weighted by Crippen LogP contribution is 2.33. The maximum Gasteiger partial charge on any atom is 0.111 e. The first-order valence-electron chi connectivity index (χ1n) is 5.56. The van der Waals surface area contributed by atoms with Gasteiger partial charge in [-0.25, -0.2) is 0 Å². The zero-order valence-electron chi connectivity index (χ0n) is 9.51. The second-order valence-corrected chi connectivity index (χ2v) is 4.36. The SMILES string of the molecule is N#CC(CP)(c1ccccc1)c1ccccc1. The fourth-order valence-corrected chi connectivity index (χ4v) is 2.59. The van der Waals surface area contributed by atoms with E-state index in [4.69, 9.17) is 0 Å². The van der Waals surface area contributed by atoms with Gasteiger partial charge in [0, 0.05) is 0 Å². The summed E-state index contributed by atoms with van der Waals surface area (Å²) >= 11 is 0. The van der Waals surface area contributed by atoms with Crippen molar-refractivity contribution >= 4 is 9.24 Å². The van der Waals surface area contributed by atoms with Gasteiger partial charge in [-0.05, 0) is 17.3 Å². The van der Waals surface area contributed by atoms with E-state index >= 15 is 0 Å². The molecule has 0 radical (unpaired) electrons. The van der Waals surface area contributed by atoms with E-state index in [0.29, 0.717) is 6.16 Å². The highest BCUT2D eigenvalue weighted by atomic mass is 31.0. The van der Waals surface area contributed by atoms with E-state index in [9.17, 15) is 5.26 Å². The van der Waals surface area contributed by atoms with Crippen LogP contribution in [-0.4, -0.2) is 6.16 Å². The minimum Gasteiger partial charge on any atom is -0.197 e. The second kappa shape index (κ2) is 5.13. The summed E-state index contributed by atoms with van der Waals surface area (Å²) in [7, 11) is 2.69. The fraction of sp³-hybridized carbons (Fsp3) is 0.133. The molecule has 2 rings (SSSR count). The molecule has 0 heterocycles. The van der Waals surface area contributed by atoms with Crippen molar-refractivity contribution < 1.29 is 0 Å². The Hall–Kier alpha value is -1.64. The predicted molar refractivity (Wildman–Crippen MR) is 73.9 cm³/mol. The van der Waals surface area contributed by atoms with Crippen molar-refractivity contribution in [1.82, 2.24) is 0 Å². The first-order valence-corrected chi connectivity index (χ1v) is 6.37. The van der Waals surface area contributed by atoms with Crippen molar-refractivity contribution in [2.45, 2.75) is 5.41 Å². The lowest BCUT2D eigenvalue weighted by Gasteiger charge is -2.26. The van der Waals surface area contributed by atoms with Gasteiger partial charge in [0.15, 0.2) is 0 Å². The molecule has 0 amide bonds. The molecule has 1 atom stereocenters. The zero-order chi connectivity index (χ0) is 12.1. The number of nitrogens with zero attached hydrogens (tertiary/aromatic N) is 1. The molecule has 0 bridgehead atoms. The zero-order valence-corrected chi connectivity index (χ0v) is 10.7. The van der Waals surface area contributed by atoms with Gasteiger partial charge in [-0.3, -0.25) is 0 Å². The van der Waals surface area contributed by atoms with Crippen LogP contribution < -0.4 is 0 Å². The molecule has 2 aromatic rings. The lowest BCUT2D eigenvalue weighted by Crippen LogP contribution is -2.27. The first kappa shape index (κ1) is 11.8. The lowest BCUT2D eigenvalue weighted by atomic mass is 9.77. The Balaban J connectivity index is 2.60. The van der Waals surface area contributed by atoms with Gasteiger partial charge in [-0.2, -0.15) is 5.26 Å². The Morgan fingerprint density at radius 2 is 1.29 bits per heavy atom. The topological polar surface area (TPSA) is 23.8 Å². The molecule has 1 nitrogen and oxygen atoms in total. The van der Waals surface area contributed by atoms with E-state index in [0.717, 1.165) is 11.1 Å². The molecule has 2 heteroatoms. The van der Waals surface area contributed by atoms with Gasteiger partial charge >= 0.3 is 0 Å². The van der Waals surface area contributed by atoms with Crippen molar-refractivity contribution in [1.29, 1.82) is 5.26 Å². The van der Waals surface area contributed by atoms with Gasteiger partial charge in [0.2, 0.25) is 0 Å². The molecule has 0 aromatic heterocycles. The Labute approximate surface area is 104 Å². The Morgan fingerprint density at radius 3 is 1.59 bits per heavy atom. The maximum absolute atomic E-state index is 9.62. The summed E-state index contributed by atoms with van der Waals surface area (Å²) < 4.78 is 0. The van der Waals surface area contributed by atoms with Crippen molar-refractivity contribution in [3.63, 3.8) is 0 Å². The van der Waals surface area contributed by atoms with Gasteiger partial charge in [0.1, 0.15) is 5.41 Å². The molecule has 17 heavy (non-hydrogen) atoms. The van der Waals surface area contributed by atoms with Gasteiger partial charge in [0.05, 0.1) is 6.07 Å². The van der Waals surface area contributed by atoms with E-state index in [1.807, 2.05) is 60.7 Å². The van der Waals surface area contributed by atoms with Gasteiger partial charge in [-0.15, -0.1) is 9.24 Å². The van der Waals surface area contributed by atoms with Crippen LogP contribution in [0, 0.1) is 11.3 Å². The summed E-state index contributed by atoms with van der Waals surface area (Å²) in [5.74, 6) is 0. The van der Waals surface area contributed by atoms with E-state index in [1.165, 1.54) is 0 Å². The van der Waals surface area contributed by atoms with Crippen LogP contribution in [0.3, 0.4) is 0 Å². The van der Waals surface area contributed by atoms with Gasteiger partial charge < -0.3 is 0 Å². The highest BCUT2D eigenvalue weighted by molar-refractivity contribution is 7.16. The summed E-state index contributed by atoms with van der Waals surface area (Å²) in [5.41, 5.74) is 1.53. The number of nitriles is 1. The first-order chi connectivity index (χ1) is 8.33. The average molecular weight is 239 g/mol. The Kier molecular flexibility index (Phi) is 3.57. The summed E-state index contributed by atoms with van der Waals surface area (Å²) in [6.07, 6.45) is 0.692. The quantitative estimate of drug-likeness (QED) is 0.753. The fourth-order valence-electron chi connectivity index (χ4n) is 2.02. The highest BCUT2D eigenvalue weighted by Gasteiger charge is 2.32. The van der Waals surface area contributed by atoms with Gasteiger partial charge in [0.25, 0.3) is 0 Å². The molecule has 2 aromatic carbocycles. The van der Waals surface area contributed by atoms with Gasteiger partial charge in [-0.1, -0.05) is 60.7 Å². The lowest BCUT2D eigenvalue weighted by molar-refractivity contribution is 0.754. The monoisotopic (exact) mass is 239 g/mol. The molecule has 0 N–H and O–H groups in total. The largest absolute Gasteiger partial charge is 0.197 e. The minimum atomic E-state index is -0.562. The minimum absolute atomic E-state index is 0.562. The molecule has 0 spiro atoms. The summed E-state index contributed by atoms with van der Waals surface area (Å²) in [4.78, 5) is 0. The van der Waals surface area contributed by atoms with Crippen molar-refractivity contribution in [2.75, 3.05) is 6.16 Å². The van der Waals surface area contributed by atoms with Crippen LogP contribution >= 0.6 is 9.24 Å². The molecule has 0 saturated heterocycles. The Bertz CT molecular complexity index is 474. The summed E-state index contributed by atoms with van der Waals surface area (Å²) in [5, 5.41) is 9.62. The molecule has 0 fully saturated rings. The van der Waals surface area contributed by atoms with E-state index in [-0.39, 0.29) is 0 Å². The molecule has 1 unspecified atom stereocenters. The van der Waals surface area contributed by atoms with E-state index < -0.39 is 5.41 Å². The van der Waals surface area contributed by atoms with Crippen LogP contribution in [0.4, 0.5) is 0 Å². The molecule has 0 aliphatic rings. The summed E-state index contributed by atoms with van der Waals surface area (Å²) in [6.45, 7) is 0. The van der Waals surface area contributed by atoms with E-state index in [1.54, 1.807) is 0 Å². The molecule has 0 saturated carbocycles. The summed E-state index contributed by atoms with van der Waals surface area (Å²) in [6, 6.07) is 22.4.